The average Bonchev–Trinajstić information content (AvgIpc) is 3.20. The molecule has 0 saturated carbocycles. The number of aryl methyl sites for hydroxylation is 1. The first kappa shape index (κ1) is 21.8. The summed E-state index contributed by atoms with van der Waals surface area (Å²) in [5.74, 6) is -1.73. The zero-order valence-electron chi connectivity index (χ0n) is 16.7. The number of nitrogens with one attached hydrogen (secondary N) is 1. The summed E-state index contributed by atoms with van der Waals surface area (Å²) in [6.45, 7) is 0.889. The third kappa shape index (κ3) is 3.40. The molecule has 1 amide bonds. The summed E-state index contributed by atoms with van der Waals surface area (Å²) in [5.41, 5.74) is 4.89. The topological polar surface area (TPSA) is 125 Å². The molecule has 0 bridgehead atoms. The van der Waals surface area contributed by atoms with E-state index in [4.69, 9.17) is 22.1 Å². The Kier molecular flexibility index (Phi) is 4.99. The van der Waals surface area contributed by atoms with Crippen molar-refractivity contribution in [2.24, 2.45) is 0 Å². The van der Waals surface area contributed by atoms with E-state index in [1.807, 2.05) is 0 Å². The molecule has 0 radical (unpaired) electrons. The second-order valence-corrected chi connectivity index (χ2v) is 7.76. The van der Waals surface area contributed by atoms with Crippen molar-refractivity contribution in [3.63, 3.8) is 0 Å². The lowest BCUT2D eigenvalue weighted by molar-refractivity contribution is -0.150. The number of anilines is 2. The number of fused-ring (bicyclic) bond motifs is 2. The molecule has 1 aromatic carbocycles. The number of ether oxygens (including phenoxy) is 1. The van der Waals surface area contributed by atoms with Crippen molar-refractivity contribution in [3.05, 3.63) is 28.8 Å². The summed E-state index contributed by atoms with van der Waals surface area (Å²) in [4.78, 5) is 33.2. The van der Waals surface area contributed by atoms with Gasteiger partial charge >= 0.3 is 12.1 Å². The van der Waals surface area contributed by atoms with Gasteiger partial charge in [-0.05, 0) is 25.1 Å². The monoisotopic (exact) mass is 468 g/mol. The van der Waals surface area contributed by atoms with Crippen LogP contribution in [0.5, 0.6) is 0 Å². The highest BCUT2D eigenvalue weighted by Crippen LogP contribution is 2.42. The summed E-state index contributed by atoms with van der Waals surface area (Å²) in [5, 5.41) is 7.49. The molecular formula is C19H16ClF3N6O3. The van der Waals surface area contributed by atoms with E-state index in [1.165, 1.54) is 13.0 Å². The highest BCUT2D eigenvalue weighted by molar-refractivity contribution is 6.31. The van der Waals surface area contributed by atoms with Crippen LogP contribution in [0, 0.1) is 0 Å². The molecule has 4 rings (SSSR count). The van der Waals surface area contributed by atoms with Crippen molar-refractivity contribution >= 4 is 46.0 Å². The third-order valence-corrected chi connectivity index (χ3v) is 5.48. The maximum absolute atomic E-state index is 12.8. The number of benzene rings is 1. The van der Waals surface area contributed by atoms with E-state index in [0.717, 1.165) is 11.8 Å². The molecule has 9 nitrogen and oxygen atoms in total. The number of hydrogen-bond donors (Lipinski definition) is 2. The van der Waals surface area contributed by atoms with E-state index in [-0.39, 0.29) is 28.7 Å². The molecule has 1 aliphatic heterocycles. The van der Waals surface area contributed by atoms with E-state index in [9.17, 15) is 22.8 Å². The summed E-state index contributed by atoms with van der Waals surface area (Å²) < 4.78 is 44.2. The van der Waals surface area contributed by atoms with Crippen LogP contribution in [-0.2, 0) is 26.3 Å². The minimum atomic E-state index is -4.38. The number of carbonyl (C=O) groups is 2. The van der Waals surface area contributed by atoms with Crippen LogP contribution in [0.4, 0.5) is 24.8 Å². The van der Waals surface area contributed by atoms with Crippen LogP contribution in [0.2, 0.25) is 5.02 Å². The van der Waals surface area contributed by atoms with Crippen LogP contribution < -0.4 is 11.1 Å². The van der Waals surface area contributed by atoms with Crippen molar-refractivity contribution in [2.45, 2.75) is 31.5 Å². The van der Waals surface area contributed by atoms with Gasteiger partial charge in [0, 0.05) is 10.4 Å². The van der Waals surface area contributed by atoms with E-state index in [1.54, 1.807) is 12.1 Å². The van der Waals surface area contributed by atoms with E-state index in [0.29, 0.717) is 15.9 Å². The molecule has 3 N–H and O–H groups in total. The predicted molar refractivity (Wildman–Crippen MR) is 109 cm³/mol. The Morgan fingerprint density at radius 1 is 1.34 bits per heavy atom. The zero-order valence-corrected chi connectivity index (χ0v) is 17.5. The Balaban J connectivity index is 1.86. The number of halogens is 4. The molecular weight excluding hydrogens is 453 g/mol. The zero-order chi connectivity index (χ0) is 23.4. The lowest BCUT2D eigenvalue weighted by Crippen LogP contribution is -2.40. The molecule has 1 atom stereocenters. The molecule has 2 aromatic heterocycles. The molecule has 168 valence electrons. The lowest BCUT2D eigenvalue weighted by Gasteiger charge is -2.19. The van der Waals surface area contributed by atoms with Gasteiger partial charge in [0.2, 0.25) is 5.91 Å². The van der Waals surface area contributed by atoms with Gasteiger partial charge in [0.05, 0.1) is 31.2 Å². The lowest BCUT2D eigenvalue weighted by atomic mass is 9.84. The first-order valence-electron chi connectivity index (χ1n) is 9.26. The van der Waals surface area contributed by atoms with Crippen LogP contribution in [0.3, 0.4) is 0 Å². The summed E-state index contributed by atoms with van der Waals surface area (Å²) >= 11 is 6.02. The minimum Gasteiger partial charge on any atom is -0.468 e. The maximum Gasteiger partial charge on any atom is 0.390 e. The number of methoxy groups -OCH3 is 1. The number of alkyl halides is 3. The third-order valence-electron chi connectivity index (χ3n) is 5.25. The van der Waals surface area contributed by atoms with Crippen molar-refractivity contribution in [1.82, 2.24) is 19.7 Å². The highest BCUT2D eigenvalue weighted by atomic mass is 35.5. The van der Waals surface area contributed by atoms with Crippen molar-refractivity contribution in [1.29, 1.82) is 0 Å². The molecule has 0 spiro atoms. The van der Waals surface area contributed by atoms with Gasteiger partial charge in [0.1, 0.15) is 17.3 Å². The smallest absolute Gasteiger partial charge is 0.390 e. The molecule has 0 fully saturated rings. The Labute approximate surface area is 183 Å². The Morgan fingerprint density at radius 2 is 2.06 bits per heavy atom. The maximum atomic E-state index is 12.8. The van der Waals surface area contributed by atoms with Gasteiger partial charge in [-0.15, -0.1) is 0 Å². The van der Waals surface area contributed by atoms with Gasteiger partial charge in [0.15, 0.2) is 11.2 Å². The standard InChI is InChI=1S/C19H16ClF3N6O3/c1-18(17(31)32-2)11-13(24)25-15(26-14(11)27-16(18)30)12-9-4-3-8(20)7-10(9)29(28-12)6-5-19(21,22)23/h3-4,7H,5-6H2,1-2H3,(H3,24,25,26,27,30). The second kappa shape index (κ2) is 7.33. The molecule has 13 heteroatoms. The number of nitrogen functional groups attached to an aromatic ring is 1. The van der Waals surface area contributed by atoms with Gasteiger partial charge in [-0.1, -0.05) is 11.6 Å². The van der Waals surface area contributed by atoms with E-state index < -0.39 is 36.4 Å². The fraction of sp³-hybridized carbons (Fsp3) is 0.316. The summed E-state index contributed by atoms with van der Waals surface area (Å²) in [6.07, 6.45) is -5.48. The van der Waals surface area contributed by atoms with Crippen LogP contribution in [0.25, 0.3) is 22.4 Å². The molecule has 32 heavy (non-hydrogen) atoms. The number of rotatable bonds is 4. The number of nitrogens with zero attached hydrogens (tertiary/aromatic N) is 4. The molecule has 1 unspecified atom stereocenters. The predicted octanol–water partition coefficient (Wildman–Crippen LogP) is 3.06. The number of aromatic nitrogens is 4. The number of carbonyl (C=O) groups excluding carboxylic acids is 2. The van der Waals surface area contributed by atoms with Gasteiger partial charge in [0.25, 0.3) is 0 Å². The van der Waals surface area contributed by atoms with Crippen LogP contribution in [0.1, 0.15) is 18.9 Å². The van der Waals surface area contributed by atoms with Crippen molar-refractivity contribution in [3.8, 4) is 11.5 Å². The molecule has 0 saturated heterocycles. The second-order valence-electron chi connectivity index (χ2n) is 7.33. The Hall–Kier alpha value is -3.41. The average molecular weight is 469 g/mol. The van der Waals surface area contributed by atoms with Crippen LogP contribution in [-0.4, -0.2) is 44.9 Å². The molecule has 3 heterocycles. The van der Waals surface area contributed by atoms with E-state index in [2.05, 4.69) is 20.4 Å². The minimum absolute atomic E-state index is 0.00245. The van der Waals surface area contributed by atoms with Crippen molar-refractivity contribution < 1.29 is 27.5 Å². The number of nitrogens with two attached hydrogens (primary N) is 1. The molecule has 3 aromatic rings. The fourth-order valence-corrected chi connectivity index (χ4v) is 3.79. The van der Waals surface area contributed by atoms with Gasteiger partial charge in [-0.3, -0.25) is 14.3 Å². The van der Waals surface area contributed by atoms with Crippen LogP contribution >= 0.6 is 11.6 Å². The fourth-order valence-electron chi connectivity index (χ4n) is 3.63. The SMILES string of the molecule is COC(=O)C1(C)C(=O)Nc2nc(-c3nn(CCC(F)(F)F)c4cc(Cl)ccc34)nc(N)c21. The Morgan fingerprint density at radius 3 is 2.72 bits per heavy atom. The van der Waals surface area contributed by atoms with Crippen molar-refractivity contribution in [2.75, 3.05) is 18.2 Å². The van der Waals surface area contributed by atoms with Gasteiger partial charge in [-0.2, -0.15) is 18.3 Å². The summed E-state index contributed by atoms with van der Waals surface area (Å²) in [6, 6.07) is 4.61. The number of esters is 1. The normalized spacial score (nSPS) is 18.0. The number of amides is 1. The highest BCUT2D eigenvalue weighted by Gasteiger charge is 2.53. The van der Waals surface area contributed by atoms with Gasteiger partial charge < -0.3 is 15.8 Å². The first-order chi connectivity index (χ1) is 15.0. The number of hydrogen-bond acceptors (Lipinski definition) is 7. The molecule has 1 aliphatic rings. The quantitative estimate of drug-likeness (QED) is 0.445. The van der Waals surface area contributed by atoms with Crippen LogP contribution in [0.15, 0.2) is 18.2 Å². The molecule has 0 aliphatic carbocycles. The Bertz CT molecular complexity index is 1280. The van der Waals surface area contributed by atoms with E-state index >= 15 is 0 Å². The largest absolute Gasteiger partial charge is 0.468 e. The first-order valence-corrected chi connectivity index (χ1v) is 9.64. The van der Waals surface area contributed by atoms with Gasteiger partial charge in [-0.25, -0.2) is 9.97 Å². The summed E-state index contributed by atoms with van der Waals surface area (Å²) in [7, 11) is 1.13.